The Morgan fingerprint density at radius 2 is 1.69 bits per heavy atom. The molecule has 0 aliphatic carbocycles. The second-order valence-electron chi connectivity index (χ2n) is 6.67. The molecule has 0 fully saturated rings. The van der Waals surface area contributed by atoms with Gasteiger partial charge in [-0.1, -0.05) is 50.2 Å². The van der Waals surface area contributed by atoms with Crippen molar-refractivity contribution < 1.29 is 4.74 Å². The normalized spacial score (nSPS) is 11.2. The Balaban J connectivity index is 1.74. The lowest BCUT2D eigenvalue weighted by atomic mass is 10.0. The van der Waals surface area contributed by atoms with Crippen LogP contribution >= 0.6 is 0 Å². The van der Waals surface area contributed by atoms with Crippen LogP contribution in [0.25, 0.3) is 10.9 Å². The first-order valence-corrected chi connectivity index (χ1v) is 9.49. The molecule has 0 atom stereocenters. The second-order valence-corrected chi connectivity index (χ2v) is 6.67. The molecule has 3 rings (SSSR count). The molecule has 3 heteroatoms. The van der Waals surface area contributed by atoms with Gasteiger partial charge in [0.25, 0.3) is 0 Å². The van der Waals surface area contributed by atoms with Gasteiger partial charge in [-0.25, -0.2) is 4.98 Å². The predicted molar refractivity (Wildman–Crippen MR) is 109 cm³/mol. The van der Waals surface area contributed by atoms with Crippen molar-refractivity contribution in [2.75, 3.05) is 26.2 Å². The number of ether oxygens (including phenoxy) is 1. The largest absolute Gasteiger partial charge is 0.476 e. The highest BCUT2D eigenvalue weighted by molar-refractivity contribution is 5.83. The number of fused-ring (bicyclic) bond motifs is 1. The van der Waals surface area contributed by atoms with Gasteiger partial charge in [0, 0.05) is 18.0 Å². The highest BCUT2D eigenvalue weighted by Gasteiger charge is 2.07. The highest BCUT2D eigenvalue weighted by Crippen LogP contribution is 2.24. The summed E-state index contributed by atoms with van der Waals surface area (Å²) in [6, 6.07) is 19.2. The van der Waals surface area contributed by atoms with E-state index >= 15 is 0 Å². The summed E-state index contributed by atoms with van der Waals surface area (Å²) in [4.78, 5) is 7.04. The number of rotatable bonds is 8. The van der Waals surface area contributed by atoms with E-state index in [2.05, 4.69) is 80.3 Å². The first-order chi connectivity index (χ1) is 12.7. The zero-order valence-electron chi connectivity index (χ0n) is 16.0. The maximum absolute atomic E-state index is 5.90. The molecular weight excluding hydrogens is 320 g/mol. The lowest BCUT2D eigenvalue weighted by molar-refractivity contribution is 0.218. The molecule has 0 spiro atoms. The van der Waals surface area contributed by atoms with E-state index in [1.807, 2.05) is 0 Å². The molecule has 0 aliphatic rings. The lowest BCUT2D eigenvalue weighted by Crippen LogP contribution is -2.28. The van der Waals surface area contributed by atoms with Crippen molar-refractivity contribution in [2.24, 2.45) is 0 Å². The summed E-state index contributed by atoms with van der Waals surface area (Å²) in [7, 11) is 0. The molecule has 26 heavy (non-hydrogen) atoms. The van der Waals surface area contributed by atoms with Gasteiger partial charge in [0.2, 0.25) is 5.88 Å². The van der Waals surface area contributed by atoms with Crippen molar-refractivity contribution >= 4 is 10.9 Å². The Morgan fingerprint density at radius 3 is 2.42 bits per heavy atom. The summed E-state index contributed by atoms with van der Waals surface area (Å²) < 4.78 is 5.90. The molecular formula is C23H28N2O. The first-order valence-electron chi connectivity index (χ1n) is 9.49. The van der Waals surface area contributed by atoms with Crippen LogP contribution in [0.15, 0.2) is 54.6 Å². The third kappa shape index (κ3) is 4.61. The Kier molecular flexibility index (Phi) is 6.24. The molecule has 0 unspecified atom stereocenters. The van der Waals surface area contributed by atoms with E-state index < -0.39 is 0 Å². The van der Waals surface area contributed by atoms with Crippen molar-refractivity contribution in [3.63, 3.8) is 0 Å². The Bertz CT molecular complexity index is 841. The van der Waals surface area contributed by atoms with Crippen LogP contribution in [0.1, 0.15) is 30.5 Å². The van der Waals surface area contributed by atoms with Gasteiger partial charge in [-0.2, -0.15) is 0 Å². The number of aryl methyl sites for hydroxylation is 1. The number of hydrogen-bond acceptors (Lipinski definition) is 3. The Hall–Kier alpha value is -2.39. The Morgan fingerprint density at radius 1 is 0.923 bits per heavy atom. The predicted octanol–water partition coefficient (Wildman–Crippen LogP) is 4.85. The van der Waals surface area contributed by atoms with Crippen molar-refractivity contribution in [1.29, 1.82) is 0 Å². The molecule has 2 aromatic carbocycles. The van der Waals surface area contributed by atoms with E-state index in [4.69, 9.17) is 9.72 Å². The van der Waals surface area contributed by atoms with E-state index in [0.717, 1.165) is 37.5 Å². The molecule has 0 bridgehead atoms. The second kappa shape index (κ2) is 8.81. The van der Waals surface area contributed by atoms with Crippen molar-refractivity contribution in [2.45, 2.75) is 27.2 Å². The number of nitrogens with zero attached hydrogens (tertiary/aromatic N) is 2. The van der Waals surface area contributed by atoms with Crippen LogP contribution in [0.5, 0.6) is 5.88 Å². The molecule has 0 amide bonds. The third-order valence-electron chi connectivity index (χ3n) is 4.86. The van der Waals surface area contributed by atoms with Gasteiger partial charge in [0.05, 0.1) is 5.52 Å². The molecule has 136 valence electrons. The molecule has 3 nitrogen and oxygen atoms in total. The van der Waals surface area contributed by atoms with E-state index in [-0.39, 0.29) is 0 Å². The van der Waals surface area contributed by atoms with Crippen LogP contribution in [-0.2, 0) is 6.42 Å². The number of pyridine rings is 1. The third-order valence-corrected chi connectivity index (χ3v) is 4.86. The van der Waals surface area contributed by atoms with E-state index in [1.54, 1.807) is 0 Å². The molecule has 0 aliphatic heterocycles. The van der Waals surface area contributed by atoms with Gasteiger partial charge in [-0.15, -0.1) is 0 Å². The first kappa shape index (κ1) is 18.4. The van der Waals surface area contributed by atoms with Crippen molar-refractivity contribution in [3.8, 4) is 5.88 Å². The maximum Gasteiger partial charge on any atom is 0.214 e. The fourth-order valence-electron chi connectivity index (χ4n) is 3.25. The summed E-state index contributed by atoms with van der Waals surface area (Å²) in [6.07, 6.45) is 0.943. The molecule has 1 aromatic heterocycles. The quantitative estimate of drug-likeness (QED) is 0.581. The monoisotopic (exact) mass is 348 g/mol. The van der Waals surface area contributed by atoms with Crippen LogP contribution in [0, 0.1) is 6.92 Å². The molecule has 1 heterocycles. The summed E-state index contributed by atoms with van der Waals surface area (Å²) in [5, 5.41) is 1.20. The summed E-state index contributed by atoms with van der Waals surface area (Å²) in [5.74, 6) is 0.720. The zero-order chi connectivity index (χ0) is 18.4. The van der Waals surface area contributed by atoms with E-state index in [0.29, 0.717) is 6.61 Å². The summed E-state index contributed by atoms with van der Waals surface area (Å²) >= 11 is 0. The average molecular weight is 348 g/mol. The van der Waals surface area contributed by atoms with E-state index in [1.165, 1.54) is 22.1 Å². The van der Waals surface area contributed by atoms with Crippen LogP contribution < -0.4 is 4.74 Å². The van der Waals surface area contributed by atoms with E-state index in [9.17, 15) is 0 Å². The Labute approximate surface area is 156 Å². The summed E-state index contributed by atoms with van der Waals surface area (Å²) in [6.45, 7) is 10.2. The number of benzene rings is 2. The van der Waals surface area contributed by atoms with Crippen LogP contribution in [0.3, 0.4) is 0 Å². The minimum atomic E-state index is 0.672. The van der Waals surface area contributed by atoms with Gasteiger partial charge in [0.15, 0.2) is 0 Å². The van der Waals surface area contributed by atoms with Gasteiger partial charge in [-0.3, -0.25) is 0 Å². The highest BCUT2D eigenvalue weighted by atomic mass is 16.5. The number of aromatic nitrogens is 1. The van der Waals surface area contributed by atoms with Gasteiger partial charge >= 0.3 is 0 Å². The van der Waals surface area contributed by atoms with Crippen molar-refractivity contribution in [1.82, 2.24) is 9.88 Å². The van der Waals surface area contributed by atoms with Crippen LogP contribution in [0.2, 0.25) is 0 Å². The molecule has 0 saturated heterocycles. The molecule has 0 radical (unpaired) electrons. The summed E-state index contributed by atoms with van der Waals surface area (Å²) in [5.41, 5.74) is 4.85. The minimum Gasteiger partial charge on any atom is -0.476 e. The minimum absolute atomic E-state index is 0.672. The fraction of sp³-hybridized carbons (Fsp3) is 0.348. The average Bonchev–Trinajstić information content (AvgIpc) is 2.67. The SMILES string of the molecule is CCN(CC)CCOc1cc(C)c2cc(Cc3ccccc3)ccc2n1. The van der Waals surface area contributed by atoms with Crippen LogP contribution in [0.4, 0.5) is 0 Å². The maximum atomic E-state index is 5.90. The van der Waals surface area contributed by atoms with Gasteiger partial charge in [-0.05, 0) is 55.3 Å². The fourth-order valence-corrected chi connectivity index (χ4v) is 3.25. The lowest BCUT2D eigenvalue weighted by Gasteiger charge is -2.18. The smallest absolute Gasteiger partial charge is 0.214 e. The molecule has 0 saturated carbocycles. The molecule has 3 aromatic rings. The number of hydrogen-bond donors (Lipinski definition) is 0. The zero-order valence-corrected chi connectivity index (χ0v) is 16.0. The molecule has 0 N–H and O–H groups in total. The standard InChI is InChI=1S/C23H28N2O/c1-4-25(5-2)13-14-26-23-15-18(3)21-17-20(11-12-22(21)24-23)16-19-9-7-6-8-10-19/h6-12,15,17H,4-5,13-14,16H2,1-3H3. The van der Waals surface area contributed by atoms with Crippen LogP contribution in [-0.4, -0.2) is 36.1 Å². The van der Waals surface area contributed by atoms with Crippen molar-refractivity contribution in [3.05, 3.63) is 71.3 Å². The number of likely N-dealkylation sites (N-methyl/N-ethyl adjacent to an activating group) is 1. The van der Waals surface area contributed by atoms with Gasteiger partial charge in [0.1, 0.15) is 6.61 Å². The topological polar surface area (TPSA) is 25.4 Å². The van der Waals surface area contributed by atoms with Gasteiger partial charge < -0.3 is 9.64 Å².